The molecule has 3 nitrogen and oxygen atoms in total. The third-order valence-electron chi connectivity index (χ3n) is 3.98. The highest BCUT2D eigenvalue weighted by molar-refractivity contribution is 5.30. The van der Waals surface area contributed by atoms with Gasteiger partial charge in [-0.2, -0.15) is 5.10 Å². The standard InChI is InChI=1S/C18H27N3/c1-5-8-19-18(11-17-12-20-21(4)13-17)10-16-7-6-14(2)15(3)9-16/h6-7,9,12-13,18-19H,5,8,10-11H2,1-4H3. The molecule has 3 heteroatoms. The third kappa shape index (κ3) is 4.71. The lowest BCUT2D eigenvalue weighted by molar-refractivity contribution is 0.504. The van der Waals surface area contributed by atoms with Crippen molar-refractivity contribution >= 4 is 0 Å². The largest absolute Gasteiger partial charge is 0.313 e. The van der Waals surface area contributed by atoms with E-state index in [1.807, 2.05) is 17.9 Å². The van der Waals surface area contributed by atoms with Crippen LogP contribution in [0.3, 0.4) is 0 Å². The summed E-state index contributed by atoms with van der Waals surface area (Å²) < 4.78 is 1.88. The average molecular weight is 285 g/mol. The number of nitrogens with zero attached hydrogens (tertiary/aromatic N) is 2. The van der Waals surface area contributed by atoms with Gasteiger partial charge in [-0.3, -0.25) is 4.68 Å². The highest BCUT2D eigenvalue weighted by Crippen LogP contribution is 2.13. The summed E-state index contributed by atoms with van der Waals surface area (Å²) >= 11 is 0. The van der Waals surface area contributed by atoms with E-state index in [0.29, 0.717) is 6.04 Å². The minimum atomic E-state index is 0.469. The Balaban J connectivity index is 2.06. The van der Waals surface area contributed by atoms with Crippen molar-refractivity contribution in [1.29, 1.82) is 0 Å². The summed E-state index contributed by atoms with van der Waals surface area (Å²) in [6.45, 7) is 7.63. The van der Waals surface area contributed by atoms with E-state index in [4.69, 9.17) is 0 Å². The van der Waals surface area contributed by atoms with E-state index in [0.717, 1.165) is 25.8 Å². The van der Waals surface area contributed by atoms with Crippen LogP contribution < -0.4 is 5.32 Å². The van der Waals surface area contributed by atoms with E-state index in [9.17, 15) is 0 Å². The maximum atomic E-state index is 4.27. The second-order valence-corrected chi connectivity index (χ2v) is 6.00. The van der Waals surface area contributed by atoms with Gasteiger partial charge in [-0.15, -0.1) is 0 Å². The van der Waals surface area contributed by atoms with Gasteiger partial charge < -0.3 is 5.32 Å². The van der Waals surface area contributed by atoms with Crippen molar-refractivity contribution < 1.29 is 0 Å². The van der Waals surface area contributed by atoms with E-state index in [1.165, 1.54) is 22.3 Å². The average Bonchev–Trinajstić information content (AvgIpc) is 2.85. The lowest BCUT2D eigenvalue weighted by Crippen LogP contribution is -2.33. The lowest BCUT2D eigenvalue weighted by Gasteiger charge is -2.18. The fraction of sp³-hybridized carbons (Fsp3) is 0.500. The minimum absolute atomic E-state index is 0.469. The van der Waals surface area contributed by atoms with Crippen molar-refractivity contribution in [3.05, 3.63) is 52.8 Å². The topological polar surface area (TPSA) is 29.9 Å². The summed E-state index contributed by atoms with van der Waals surface area (Å²) in [5.74, 6) is 0. The summed E-state index contributed by atoms with van der Waals surface area (Å²) in [7, 11) is 1.97. The van der Waals surface area contributed by atoms with Crippen LogP contribution in [0.4, 0.5) is 0 Å². The maximum Gasteiger partial charge on any atom is 0.0522 e. The zero-order chi connectivity index (χ0) is 15.2. The Morgan fingerprint density at radius 2 is 1.90 bits per heavy atom. The number of nitrogens with one attached hydrogen (secondary N) is 1. The Kier molecular flexibility index (Phi) is 5.57. The van der Waals surface area contributed by atoms with E-state index in [1.54, 1.807) is 0 Å². The van der Waals surface area contributed by atoms with Gasteiger partial charge in [0.25, 0.3) is 0 Å². The van der Waals surface area contributed by atoms with Crippen molar-refractivity contribution in [1.82, 2.24) is 15.1 Å². The normalized spacial score (nSPS) is 12.6. The Hall–Kier alpha value is -1.61. The van der Waals surface area contributed by atoms with Gasteiger partial charge in [0.15, 0.2) is 0 Å². The fourth-order valence-electron chi connectivity index (χ4n) is 2.64. The van der Waals surface area contributed by atoms with Gasteiger partial charge >= 0.3 is 0 Å². The van der Waals surface area contributed by atoms with Crippen LogP contribution in [0.5, 0.6) is 0 Å². The molecule has 0 bridgehead atoms. The number of rotatable bonds is 7. The molecule has 1 N–H and O–H groups in total. The van der Waals surface area contributed by atoms with Crippen LogP contribution in [0.15, 0.2) is 30.6 Å². The lowest BCUT2D eigenvalue weighted by atomic mass is 9.97. The van der Waals surface area contributed by atoms with E-state index in [2.05, 4.69) is 55.6 Å². The first-order chi connectivity index (χ1) is 10.1. The smallest absolute Gasteiger partial charge is 0.0522 e. The van der Waals surface area contributed by atoms with Crippen LogP contribution in [0, 0.1) is 13.8 Å². The van der Waals surface area contributed by atoms with Crippen LogP contribution in [0.2, 0.25) is 0 Å². The zero-order valence-electron chi connectivity index (χ0n) is 13.7. The van der Waals surface area contributed by atoms with Crippen LogP contribution in [-0.2, 0) is 19.9 Å². The van der Waals surface area contributed by atoms with E-state index in [-0.39, 0.29) is 0 Å². The molecule has 21 heavy (non-hydrogen) atoms. The molecule has 0 saturated carbocycles. The first kappa shape index (κ1) is 15.8. The Bertz CT molecular complexity index is 572. The monoisotopic (exact) mass is 285 g/mol. The van der Waals surface area contributed by atoms with Crippen LogP contribution >= 0.6 is 0 Å². The highest BCUT2D eigenvalue weighted by atomic mass is 15.2. The van der Waals surface area contributed by atoms with Gasteiger partial charge in [0.2, 0.25) is 0 Å². The van der Waals surface area contributed by atoms with E-state index < -0.39 is 0 Å². The number of aromatic nitrogens is 2. The van der Waals surface area contributed by atoms with Crippen LogP contribution in [0.25, 0.3) is 0 Å². The van der Waals surface area contributed by atoms with Gasteiger partial charge in [-0.25, -0.2) is 0 Å². The van der Waals surface area contributed by atoms with Crippen LogP contribution in [0.1, 0.15) is 35.6 Å². The Labute approximate surface area is 128 Å². The first-order valence-corrected chi connectivity index (χ1v) is 7.85. The van der Waals surface area contributed by atoms with Gasteiger partial charge in [0, 0.05) is 19.3 Å². The summed E-state index contributed by atoms with van der Waals surface area (Å²) in [6, 6.07) is 7.27. The number of hydrogen-bond acceptors (Lipinski definition) is 2. The molecule has 1 atom stereocenters. The fourth-order valence-corrected chi connectivity index (χ4v) is 2.64. The molecule has 1 unspecified atom stereocenters. The molecule has 0 fully saturated rings. The number of hydrogen-bond donors (Lipinski definition) is 1. The molecule has 1 aromatic carbocycles. The Morgan fingerprint density at radius 1 is 1.14 bits per heavy atom. The molecule has 1 aromatic heterocycles. The molecule has 0 spiro atoms. The van der Waals surface area contributed by atoms with E-state index >= 15 is 0 Å². The summed E-state index contributed by atoms with van der Waals surface area (Å²) in [5.41, 5.74) is 5.46. The van der Waals surface area contributed by atoms with Crippen molar-refractivity contribution in [3.8, 4) is 0 Å². The minimum Gasteiger partial charge on any atom is -0.313 e. The molecule has 114 valence electrons. The van der Waals surface area contributed by atoms with Crippen molar-refractivity contribution in [2.75, 3.05) is 6.54 Å². The van der Waals surface area contributed by atoms with Crippen LogP contribution in [-0.4, -0.2) is 22.4 Å². The molecular formula is C18H27N3. The molecule has 0 amide bonds. The van der Waals surface area contributed by atoms with Gasteiger partial charge in [0.05, 0.1) is 6.20 Å². The van der Waals surface area contributed by atoms with Gasteiger partial charge in [-0.05, 0) is 61.9 Å². The highest BCUT2D eigenvalue weighted by Gasteiger charge is 2.11. The third-order valence-corrected chi connectivity index (χ3v) is 3.98. The molecule has 0 radical (unpaired) electrons. The van der Waals surface area contributed by atoms with Crippen molar-refractivity contribution in [2.24, 2.45) is 7.05 Å². The quantitative estimate of drug-likeness (QED) is 0.846. The van der Waals surface area contributed by atoms with Crippen molar-refractivity contribution in [2.45, 2.75) is 46.1 Å². The number of benzene rings is 1. The predicted octanol–water partition coefficient (Wildman–Crippen LogP) is 3.19. The number of aryl methyl sites for hydroxylation is 3. The predicted molar refractivity (Wildman–Crippen MR) is 88.6 cm³/mol. The second-order valence-electron chi connectivity index (χ2n) is 6.00. The first-order valence-electron chi connectivity index (χ1n) is 7.85. The summed E-state index contributed by atoms with van der Waals surface area (Å²) in [4.78, 5) is 0. The molecule has 1 heterocycles. The SMILES string of the molecule is CCCNC(Cc1ccc(C)c(C)c1)Cc1cnn(C)c1. The van der Waals surface area contributed by atoms with Gasteiger partial charge in [-0.1, -0.05) is 25.1 Å². The van der Waals surface area contributed by atoms with Gasteiger partial charge in [0.1, 0.15) is 0 Å². The maximum absolute atomic E-state index is 4.27. The summed E-state index contributed by atoms with van der Waals surface area (Å²) in [6.07, 6.45) is 7.34. The second kappa shape index (κ2) is 7.41. The summed E-state index contributed by atoms with van der Waals surface area (Å²) in [5, 5.41) is 7.94. The molecular weight excluding hydrogens is 258 g/mol. The van der Waals surface area contributed by atoms with Crippen molar-refractivity contribution in [3.63, 3.8) is 0 Å². The molecule has 0 aliphatic heterocycles. The molecule has 2 aromatic rings. The molecule has 0 saturated heterocycles. The molecule has 2 rings (SSSR count). The Morgan fingerprint density at radius 3 is 2.52 bits per heavy atom. The zero-order valence-corrected chi connectivity index (χ0v) is 13.7. The molecule has 0 aliphatic carbocycles. The molecule has 0 aliphatic rings.